The highest BCUT2D eigenvalue weighted by Gasteiger charge is 2.11. The average molecular weight is 227 g/mol. The molecule has 2 heterocycles. The van der Waals surface area contributed by atoms with E-state index in [1.165, 1.54) is 0 Å². The van der Waals surface area contributed by atoms with Crippen molar-refractivity contribution in [1.29, 1.82) is 0 Å². The minimum Gasteiger partial charge on any atom is -0.337 e. The van der Waals surface area contributed by atoms with E-state index in [9.17, 15) is 4.79 Å². The second-order valence-corrected chi connectivity index (χ2v) is 3.51. The molecule has 0 unspecified atom stereocenters. The van der Waals surface area contributed by atoms with Crippen LogP contribution < -0.4 is 5.32 Å². The number of H-pyrrole nitrogens is 2. The molecule has 0 aliphatic rings. The molecule has 0 bridgehead atoms. The molecule has 0 fully saturated rings. The summed E-state index contributed by atoms with van der Waals surface area (Å²) in [7, 11) is 0. The van der Waals surface area contributed by atoms with Gasteiger partial charge in [-0.1, -0.05) is 12.1 Å². The summed E-state index contributed by atoms with van der Waals surface area (Å²) >= 11 is 0. The van der Waals surface area contributed by atoms with Crippen molar-refractivity contribution in [3.63, 3.8) is 0 Å². The smallest absolute Gasteiger partial charge is 0.211 e. The zero-order chi connectivity index (χ0) is 11.7. The lowest BCUT2D eigenvalue weighted by molar-refractivity contribution is -0.105. The molecule has 3 N–H and O–H groups in total. The van der Waals surface area contributed by atoms with E-state index < -0.39 is 0 Å². The van der Waals surface area contributed by atoms with Crippen molar-refractivity contribution in [3.05, 3.63) is 30.5 Å². The highest BCUT2D eigenvalue weighted by atomic mass is 16.1. The van der Waals surface area contributed by atoms with Gasteiger partial charge in [0.15, 0.2) is 11.5 Å². The van der Waals surface area contributed by atoms with Crippen LogP contribution in [0.4, 0.5) is 5.69 Å². The third-order valence-corrected chi connectivity index (χ3v) is 2.47. The maximum absolute atomic E-state index is 10.4. The molecule has 17 heavy (non-hydrogen) atoms. The van der Waals surface area contributed by atoms with Crippen LogP contribution in [0, 0.1) is 0 Å². The van der Waals surface area contributed by atoms with Crippen LogP contribution in [-0.2, 0) is 4.79 Å². The number of hydrogen-bond donors (Lipinski definition) is 3. The number of aromatic nitrogens is 4. The quantitative estimate of drug-likeness (QED) is 0.593. The van der Waals surface area contributed by atoms with Crippen molar-refractivity contribution in [2.45, 2.75) is 0 Å². The molecule has 84 valence electrons. The number of carbonyl (C=O) groups is 1. The number of fused-ring (bicyclic) bond motifs is 1. The molecular weight excluding hydrogens is 218 g/mol. The first-order valence-electron chi connectivity index (χ1n) is 5.07. The van der Waals surface area contributed by atoms with Crippen LogP contribution in [0.25, 0.3) is 22.6 Å². The number of para-hydroxylation sites is 2. The van der Waals surface area contributed by atoms with Crippen molar-refractivity contribution < 1.29 is 4.79 Å². The Balaban J connectivity index is 2.13. The standard InChI is InChI=1S/C11H9N5O/c17-6-12-9-5-13-16-10(9)11-14-7-3-1-2-4-8(7)15-11/h1-6H,(H,12,17)(H,13,16)(H,14,15). The van der Waals surface area contributed by atoms with E-state index in [0.717, 1.165) is 11.0 Å². The van der Waals surface area contributed by atoms with E-state index in [-0.39, 0.29) is 0 Å². The van der Waals surface area contributed by atoms with Crippen LogP contribution in [0.5, 0.6) is 0 Å². The molecule has 3 aromatic rings. The minimum atomic E-state index is 0.591. The van der Waals surface area contributed by atoms with E-state index in [0.29, 0.717) is 23.6 Å². The van der Waals surface area contributed by atoms with Gasteiger partial charge in [0.25, 0.3) is 0 Å². The lowest BCUT2D eigenvalue weighted by Crippen LogP contribution is -1.94. The summed E-state index contributed by atoms with van der Waals surface area (Å²) in [6.07, 6.45) is 2.22. The number of nitrogens with one attached hydrogen (secondary N) is 3. The molecular formula is C11H9N5O. The topological polar surface area (TPSA) is 86.5 Å². The molecule has 0 atom stereocenters. The van der Waals surface area contributed by atoms with Gasteiger partial charge in [0.1, 0.15) is 0 Å². The molecule has 0 saturated heterocycles. The summed E-state index contributed by atoms with van der Waals surface area (Å²) in [6.45, 7) is 0. The van der Waals surface area contributed by atoms with Gasteiger partial charge < -0.3 is 10.3 Å². The van der Waals surface area contributed by atoms with Crippen molar-refractivity contribution >= 4 is 23.1 Å². The molecule has 1 aromatic carbocycles. The van der Waals surface area contributed by atoms with E-state index in [1.807, 2.05) is 24.3 Å². The third-order valence-electron chi connectivity index (χ3n) is 2.47. The van der Waals surface area contributed by atoms with E-state index >= 15 is 0 Å². The molecule has 6 heteroatoms. The fraction of sp³-hybridized carbons (Fsp3) is 0. The van der Waals surface area contributed by atoms with Crippen molar-refractivity contribution in [2.75, 3.05) is 5.32 Å². The van der Waals surface area contributed by atoms with Gasteiger partial charge in [-0.15, -0.1) is 0 Å². The Morgan fingerprint density at radius 2 is 2.18 bits per heavy atom. The molecule has 0 saturated carbocycles. The first kappa shape index (κ1) is 9.59. The van der Waals surface area contributed by atoms with Gasteiger partial charge in [0.05, 0.1) is 16.7 Å². The monoisotopic (exact) mass is 227 g/mol. The Labute approximate surface area is 96.1 Å². The number of benzene rings is 1. The van der Waals surface area contributed by atoms with Gasteiger partial charge in [0.2, 0.25) is 6.41 Å². The largest absolute Gasteiger partial charge is 0.337 e. The van der Waals surface area contributed by atoms with E-state index in [2.05, 4.69) is 25.5 Å². The van der Waals surface area contributed by atoms with Crippen LogP contribution in [0.1, 0.15) is 0 Å². The van der Waals surface area contributed by atoms with Crippen LogP contribution in [-0.4, -0.2) is 26.6 Å². The number of carbonyl (C=O) groups excluding carboxylic acids is 1. The second-order valence-electron chi connectivity index (χ2n) is 3.51. The fourth-order valence-electron chi connectivity index (χ4n) is 1.71. The summed E-state index contributed by atoms with van der Waals surface area (Å²) in [5, 5.41) is 9.32. The summed E-state index contributed by atoms with van der Waals surface area (Å²) < 4.78 is 0. The van der Waals surface area contributed by atoms with Crippen molar-refractivity contribution in [1.82, 2.24) is 20.2 Å². The number of amides is 1. The highest BCUT2D eigenvalue weighted by Crippen LogP contribution is 2.24. The number of nitrogens with zero attached hydrogens (tertiary/aromatic N) is 2. The zero-order valence-corrected chi connectivity index (χ0v) is 8.77. The van der Waals surface area contributed by atoms with Crippen molar-refractivity contribution in [3.8, 4) is 11.5 Å². The van der Waals surface area contributed by atoms with Gasteiger partial charge in [-0.25, -0.2) is 4.98 Å². The maximum atomic E-state index is 10.4. The molecule has 0 radical (unpaired) electrons. The minimum absolute atomic E-state index is 0.591. The zero-order valence-electron chi connectivity index (χ0n) is 8.77. The molecule has 6 nitrogen and oxygen atoms in total. The molecule has 2 aromatic heterocycles. The van der Waals surface area contributed by atoms with Gasteiger partial charge in [0, 0.05) is 6.20 Å². The number of anilines is 1. The number of aromatic amines is 2. The van der Waals surface area contributed by atoms with Gasteiger partial charge in [-0.05, 0) is 12.1 Å². The SMILES string of the molecule is O=CNc1c[nH]nc1-c1nc2ccccc2[nH]1. The first-order valence-corrected chi connectivity index (χ1v) is 5.07. The third kappa shape index (κ3) is 1.55. The van der Waals surface area contributed by atoms with Crippen molar-refractivity contribution in [2.24, 2.45) is 0 Å². The maximum Gasteiger partial charge on any atom is 0.211 e. The Morgan fingerprint density at radius 3 is 3.00 bits per heavy atom. The number of rotatable bonds is 3. The second kappa shape index (κ2) is 3.75. The first-order chi connectivity index (χ1) is 8.38. The van der Waals surface area contributed by atoms with Crippen LogP contribution in [0.3, 0.4) is 0 Å². The summed E-state index contributed by atoms with van der Waals surface area (Å²) in [5.41, 5.74) is 2.98. The summed E-state index contributed by atoms with van der Waals surface area (Å²) in [5.74, 6) is 0.622. The van der Waals surface area contributed by atoms with E-state index in [4.69, 9.17) is 0 Å². The fourth-order valence-corrected chi connectivity index (χ4v) is 1.71. The van der Waals surface area contributed by atoms with Gasteiger partial charge in [-0.3, -0.25) is 9.89 Å². The van der Waals surface area contributed by atoms with Gasteiger partial charge in [-0.2, -0.15) is 5.10 Å². The summed E-state index contributed by atoms with van der Waals surface area (Å²) in [4.78, 5) is 18.0. The molecule has 1 amide bonds. The van der Waals surface area contributed by atoms with Gasteiger partial charge >= 0.3 is 0 Å². The predicted octanol–water partition coefficient (Wildman–Crippen LogP) is 1.52. The lowest BCUT2D eigenvalue weighted by atomic mass is 10.3. The molecule has 0 spiro atoms. The Bertz CT molecular complexity index is 636. The van der Waals surface area contributed by atoms with Crippen LogP contribution in [0.15, 0.2) is 30.5 Å². The Hall–Kier alpha value is -2.63. The Morgan fingerprint density at radius 1 is 1.29 bits per heavy atom. The van der Waals surface area contributed by atoms with Crippen LogP contribution in [0.2, 0.25) is 0 Å². The van der Waals surface area contributed by atoms with Crippen LogP contribution >= 0.6 is 0 Å². The van der Waals surface area contributed by atoms with E-state index in [1.54, 1.807) is 6.20 Å². The molecule has 0 aliphatic heterocycles. The summed E-state index contributed by atoms with van der Waals surface area (Å²) in [6, 6.07) is 7.70. The normalized spacial score (nSPS) is 10.6. The average Bonchev–Trinajstić information content (AvgIpc) is 2.94. The lowest BCUT2D eigenvalue weighted by Gasteiger charge is -1.95. The molecule has 3 rings (SSSR count). The number of imidazole rings is 1. The molecule has 0 aliphatic carbocycles. The number of hydrogen-bond acceptors (Lipinski definition) is 3. The highest BCUT2D eigenvalue weighted by molar-refractivity contribution is 5.84. The predicted molar refractivity (Wildman–Crippen MR) is 63.4 cm³/mol. The Kier molecular flexibility index (Phi) is 2.11.